The zero-order valence-corrected chi connectivity index (χ0v) is 17.6. The van der Waals surface area contributed by atoms with Gasteiger partial charge in [0, 0.05) is 29.3 Å². The quantitative estimate of drug-likeness (QED) is 0.363. The highest BCUT2D eigenvalue weighted by Crippen LogP contribution is 2.37. The summed E-state index contributed by atoms with van der Waals surface area (Å²) in [5, 5.41) is 10.2. The first-order valence-corrected chi connectivity index (χ1v) is 10.4. The third-order valence-electron chi connectivity index (χ3n) is 5.44. The summed E-state index contributed by atoms with van der Waals surface area (Å²) in [4.78, 5) is 0. The number of para-hydroxylation sites is 1. The van der Waals surface area contributed by atoms with Gasteiger partial charge in [0.15, 0.2) is 0 Å². The summed E-state index contributed by atoms with van der Waals surface area (Å²) in [6, 6.07) is 24.5. The third-order valence-corrected chi connectivity index (χ3v) is 5.44. The first-order chi connectivity index (χ1) is 15.3. The van der Waals surface area contributed by atoms with E-state index in [2.05, 4.69) is 51.3 Å². The number of methoxy groups -OCH3 is 1. The van der Waals surface area contributed by atoms with Crippen LogP contribution in [-0.2, 0) is 6.54 Å². The van der Waals surface area contributed by atoms with Gasteiger partial charge in [-0.1, -0.05) is 30.3 Å². The van der Waals surface area contributed by atoms with Gasteiger partial charge in [-0.05, 0) is 55.0 Å². The molecule has 0 atom stereocenters. The molecule has 0 fully saturated rings. The molecule has 31 heavy (non-hydrogen) atoms. The molecule has 3 aromatic carbocycles. The van der Waals surface area contributed by atoms with Crippen LogP contribution >= 0.6 is 0 Å². The van der Waals surface area contributed by atoms with Gasteiger partial charge < -0.3 is 14.0 Å². The number of aromatic nitrogens is 3. The smallest absolute Gasteiger partial charge is 0.119 e. The number of pyridine rings is 1. The Kier molecular flexibility index (Phi) is 5.00. The van der Waals surface area contributed by atoms with E-state index in [-0.39, 0.29) is 0 Å². The van der Waals surface area contributed by atoms with Crippen LogP contribution in [0.4, 0.5) is 0 Å². The lowest BCUT2D eigenvalue weighted by molar-refractivity contribution is 0.340. The van der Waals surface area contributed by atoms with E-state index in [1.807, 2.05) is 49.4 Å². The van der Waals surface area contributed by atoms with E-state index in [1.54, 1.807) is 7.11 Å². The van der Waals surface area contributed by atoms with Gasteiger partial charge in [0.2, 0.25) is 0 Å². The summed E-state index contributed by atoms with van der Waals surface area (Å²) in [5.41, 5.74) is 6.14. The highest BCUT2D eigenvalue weighted by molar-refractivity contribution is 5.98. The monoisotopic (exact) mass is 409 g/mol. The molecule has 3 aromatic rings. The number of rotatable bonds is 6. The van der Waals surface area contributed by atoms with Crippen molar-refractivity contribution in [1.29, 1.82) is 0 Å². The third kappa shape index (κ3) is 3.59. The molecular formula is C26H23N3O2. The Labute approximate surface area is 181 Å². The fourth-order valence-electron chi connectivity index (χ4n) is 3.98. The van der Waals surface area contributed by atoms with Gasteiger partial charge in [-0.3, -0.25) is 0 Å². The molecule has 0 aromatic heterocycles. The largest absolute Gasteiger partial charge is 0.497 e. The first-order valence-electron chi connectivity index (χ1n) is 10.4. The molecule has 154 valence electrons. The maximum absolute atomic E-state index is 5.58. The van der Waals surface area contributed by atoms with Crippen molar-refractivity contribution in [3.05, 3.63) is 84.6 Å². The standard InChI is InChI=1S/C26H23N3O2/c1-3-31-20-13-11-19(12-14-20)25-23-17-29(16-18-7-6-8-21(15-18)30-2)24-10-5-4-9-22(24)26(23)28-27-25/h4-15,17H,3,16H2,1-2H3. The lowest BCUT2D eigenvalue weighted by Gasteiger charge is -2.15. The molecule has 2 aliphatic rings. The van der Waals surface area contributed by atoms with E-state index in [1.165, 1.54) is 5.56 Å². The van der Waals surface area contributed by atoms with Crippen LogP contribution in [0.3, 0.4) is 0 Å². The number of fused-ring (bicyclic) bond motifs is 3. The highest BCUT2D eigenvalue weighted by Gasteiger charge is 2.20. The van der Waals surface area contributed by atoms with Crippen molar-refractivity contribution in [2.45, 2.75) is 13.5 Å². The molecule has 0 radical (unpaired) electrons. The average Bonchev–Trinajstić information content (AvgIpc) is 3.24. The van der Waals surface area contributed by atoms with Gasteiger partial charge in [-0.15, -0.1) is 10.2 Å². The summed E-state index contributed by atoms with van der Waals surface area (Å²) < 4.78 is 13.2. The summed E-state index contributed by atoms with van der Waals surface area (Å²) in [7, 11) is 1.69. The van der Waals surface area contributed by atoms with E-state index < -0.39 is 0 Å². The number of benzene rings is 3. The Balaban J connectivity index is 1.63. The minimum Gasteiger partial charge on any atom is -0.497 e. The Hall–Kier alpha value is -3.86. The zero-order chi connectivity index (χ0) is 21.2. The van der Waals surface area contributed by atoms with Crippen molar-refractivity contribution in [2.24, 2.45) is 0 Å². The van der Waals surface area contributed by atoms with E-state index in [9.17, 15) is 0 Å². The summed E-state index contributed by atoms with van der Waals surface area (Å²) in [6.45, 7) is 3.35. The van der Waals surface area contributed by atoms with Crippen molar-refractivity contribution >= 4 is 10.9 Å². The number of hydrogen-bond donors (Lipinski definition) is 0. The molecule has 0 aliphatic carbocycles. The fourth-order valence-corrected chi connectivity index (χ4v) is 3.98. The number of ether oxygens (including phenoxy) is 2. The van der Waals surface area contributed by atoms with Crippen molar-refractivity contribution in [3.63, 3.8) is 0 Å². The molecule has 0 saturated carbocycles. The van der Waals surface area contributed by atoms with E-state index in [0.29, 0.717) is 6.61 Å². The predicted molar refractivity (Wildman–Crippen MR) is 123 cm³/mol. The average molecular weight is 409 g/mol. The topological polar surface area (TPSA) is 49.2 Å². The maximum Gasteiger partial charge on any atom is 0.119 e. The Bertz CT molecular complexity index is 1310. The molecule has 0 N–H and O–H groups in total. The highest BCUT2D eigenvalue weighted by atomic mass is 16.5. The minimum atomic E-state index is 0.648. The van der Waals surface area contributed by atoms with Crippen LogP contribution < -0.4 is 9.47 Å². The van der Waals surface area contributed by atoms with Gasteiger partial charge in [-0.2, -0.15) is 0 Å². The summed E-state index contributed by atoms with van der Waals surface area (Å²) in [6.07, 6.45) is 2.16. The molecule has 2 aliphatic heterocycles. The van der Waals surface area contributed by atoms with Crippen LogP contribution in [0.15, 0.2) is 79.0 Å². The molecule has 0 bridgehead atoms. The lowest BCUT2D eigenvalue weighted by Crippen LogP contribution is -2.04. The van der Waals surface area contributed by atoms with Gasteiger partial charge in [0.05, 0.1) is 19.2 Å². The Morgan fingerprint density at radius 1 is 0.839 bits per heavy atom. The number of hydrogen-bond acceptors (Lipinski definition) is 4. The van der Waals surface area contributed by atoms with Gasteiger partial charge in [-0.25, -0.2) is 0 Å². The molecule has 0 amide bonds. The molecule has 5 nitrogen and oxygen atoms in total. The number of nitrogens with zero attached hydrogens (tertiary/aromatic N) is 3. The molecule has 2 heterocycles. The van der Waals surface area contributed by atoms with E-state index in [0.717, 1.165) is 51.5 Å². The Morgan fingerprint density at radius 2 is 1.65 bits per heavy atom. The van der Waals surface area contributed by atoms with Crippen molar-refractivity contribution in [1.82, 2.24) is 14.8 Å². The zero-order valence-electron chi connectivity index (χ0n) is 17.6. The second kappa shape index (κ2) is 8.11. The fraction of sp³-hybridized carbons (Fsp3) is 0.154. The van der Waals surface area contributed by atoms with Crippen LogP contribution in [0.2, 0.25) is 0 Å². The SMILES string of the molecule is CCOc1ccc(-c2nnc3c4ccccc4n(Cc4cccc(OC)c4)cc2-3)cc1. The summed E-state index contributed by atoms with van der Waals surface area (Å²) >= 11 is 0. The van der Waals surface area contributed by atoms with E-state index >= 15 is 0 Å². The molecule has 5 rings (SSSR count). The van der Waals surface area contributed by atoms with Crippen molar-refractivity contribution in [3.8, 4) is 34.0 Å². The molecule has 0 spiro atoms. The molecular weight excluding hydrogens is 386 g/mol. The summed E-state index contributed by atoms with van der Waals surface area (Å²) in [5.74, 6) is 1.71. The molecule has 0 unspecified atom stereocenters. The van der Waals surface area contributed by atoms with Crippen LogP contribution in [0.5, 0.6) is 11.5 Å². The van der Waals surface area contributed by atoms with Gasteiger partial charge in [0.25, 0.3) is 0 Å². The molecule has 0 saturated heterocycles. The molecule has 5 heteroatoms. The van der Waals surface area contributed by atoms with E-state index in [4.69, 9.17) is 9.47 Å². The Morgan fingerprint density at radius 3 is 2.45 bits per heavy atom. The predicted octanol–water partition coefficient (Wildman–Crippen LogP) is 5.66. The normalized spacial score (nSPS) is 11.2. The van der Waals surface area contributed by atoms with Crippen LogP contribution in [-0.4, -0.2) is 28.5 Å². The van der Waals surface area contributed by atoms with Crippen molar-refractivity contribution < 1.29 is 9.47 Å². The van der Waals surface area contributed by atoms with Crippen LogP contribution in [0, 0.1) is 0 Å². The van der Waals surface area contributed by atoms with Gasteiger partial charge in [0.1, 0.15) is 22.9 Å². The van der Waals surface area contributed by atoms with Crippen LogP contribution in [0.25, 0.3) is 33.4 Å². The minimum absolute atomic E-state index is 0.648. The first kappa shape index (κ1) is 19.1. The lowest BCUT2D eigenvalue weighted by atomic mass is 10.0. The second-order valence-electron chi connectivity index (χ2n) is 7.39. The van der Waals surface area contributed by atoms with Crippen LogP contribution in [0.1, 0.15) is 12.5 Å². The van der Waals surface area contributed by atoms with Crippen molar-refractivity contribution in [2.75, 3.05) is 13.7 Å². The maximum atomic E-state index is 5.58. The second-order valence-corrected chi connectivity index (χ2v) is 7.39. The van der Waals surface area contributed by atoms with Gasteiger partial charge >= 0.3 is 0 Å².